The molecule has 0 bridgehead atoms. The Labute approximate surface area is 154 Å². The van der Waals surface area contributed by atoms with E-state index in [1.165, 1.54) is 17.1 Å². The Balaban J connectivity index is 1.45. The molecule has 2 fully saturated rings. The molecule has 1 saturated carbocycles. The van der Waals surface area contributed by atoms with Crippen LogP contribution >= 0.6 is 11.5 Å². The van der Waals surface area contributed by atoms with Gasteiger partial charge in [-0.3, -0.25) is 4.90 Å². The third-order valence-corrected chi connectivity index (χ3v) is 5.62. The lowest BCUT2D eigenvalue weighted by molar-refractivity contribution is -0.141. The minimum Gasteiger partial charge on any atom is -0.350 e. The van der Waals surface area contributed by atoms with E-state index in [1.807, 2.05) is 6.20 Å². The quantitative estimate of drug-likeness (QED) is 0.790. The lowest BCUT2D eigenvalue weighted by Gasteiger charge is -2.39. The zero-order chi connectivity index (χ0) is 18.1. The van der Waals surface area contributed by atoms with Crippen LogP contribution in [0.4, 0.5) is 19.0 Å². The molecule has 1 aliphatic heterocycles. The second kappa shape index (κ2) is 7.11. The van der Waals surface area contributed by atoms with E-state index in [0.717, 1.165) is 57.7 Å². The summed E-state index contributed by atoms with van der Waals surface area (Å²) in [6.07, 6.45) is 2.39. The molecule has 0 radical (unpaired) electrons. The largest absolute Gasteiger partial charge is 0.433 e. The highest BCUT2D eigenvalue weighted by atomic mass is 32.1. The van der Waals surface area contributed by atoms with E-state index in [4.69, 9.17) is 0 Å². The maximum atomic E-state index is 13.0. The van der Waals surface area contributed by atoms with E-state index >= 15 is 0 Å². The first-order chi connectivity index (χ1) is 12.5. The van der Waals surface area contributed by atoms with Crippen LogP contribution in [0.1, 0.15) is 36.9 Å². The van der Waals surface area contributed by atoms with Crippen molar-refractivity contribution in [1.82, 2.24) is 19.2 Å². The fourth-order valence-electron chi connectivity index (χ4n) is 3.59. The summed E-state index contributed by atoms with van der Waals surface area (Å²) in [5, 5.41) is 2.06. The first-order valence-corrected chi connectivity index (χ1v) is 9.62. The molecule has 0 spiro atoms. The molecule has 1 saturated heterocycles. The predicted octanol–water partition coefficient (Wildman–Crippen LogP) is 3.59. The number of hydrogen-bond donors (Lipinski definition) is 0. The molecule has 4 rings (SSSR count). The van der Waals surface area contributed by atoms with Crippen LogP contribution in [0.3, 0.4) is 0 Å². The summed E-state index contributed by atoms with van der Waals surface area (Å²) in [4.78, 5) is 12.1. The molecule has 0 unspecified atom stereocenters. The number of anilines is 1. The highest BCUT2D eigenvalue weighted by Gasteiger charge is 2.38. The number of alkyl halides is 3. The van der Waals surface area contributed by atoms with Crippen molar-refractivity contribution in [3.8, 4) is 0 Å². The summed E-state index contributed by atoms with van der Waals surface area (Å²) in [5.74, 6) is 0.412. The molecule has 1 aliphatic carbocycles. The van der Waals surface area contributed by atoms with Crippen molar-refractivity contribution in [1.29, 1.82) is 0 Å². The third-order valence-electron chi connectivity index (χ3n) is 4.99. The summed E-state index contributed by atoms with van der Waals surface area (Å²) in [6.45, 7) is 2.75. The van der Waals surface area contributed by atoms with Gasteiger partial charge in [0, 0.05) is 49.4 Å². The molecule has 9 heteroatoms. The second-order valence-electron chi connectivity index (χ2n) is 6.94. The number of nitrogens with zero attached hydrogens (tertiary/aromatic N) is 5. The Morgan fingerprint density at radius 3 is 2.46 bits per heavy atom. The molecule has 26 heavy (non-hydrogen) atoms. The topological polar surface area (TPSA) is 45.2 Å². The van der Waals surface area contributed by atoms with Gasteiger partial charge in [-0.2, -0.15) is 13.2 Å². The Bertz CT molecular complexity index is 724. The van der Waals surface area contributed by atoms with Crippen LogP contribution in [0.15, 0.2) is 24.0 Å². The Hall–Kier alpha value is -1.74. The van der Waals surface area contributed by atoms with E-state index in [0.29, 0.717) is 11.9 Å². The first-order valence-electron chi connectivity index (χ1n) is 8.79. The van der Waals surface area contributed by atoms with Crippen molar-refractivity contribution >= 4 is 17.4 Å². The van der Waals surface area contributed by atoms with Crippen LogP contribution in [-0.4, -0.2) is 44.4 Å². The maximum absolute atomic E-state index is 13.0. The van der Waals surface area contributed by atoms with Gasteiger partial charge < -0.3 is 4.90 Å². The minimum absolute atomic E-state index is 0.232. The molecule has 0 atom stereocenters. The van der Waals surface area contributed by atoms with Gasteiger partial charge in [-0.1, -0.05) is 0 Å². The number of aromatic nitrogens is 3. The standard InChI is InChI=1S/C17H20F3N5S/c18-17(19,20)15-7-16(22-11-21-15)25(13-1-2-13)14-3-5-24(6-4-14)9-12-8-23-26-10-12/h7-8,10-11,13-14H,1-6,9H2. The molecule has 0 amide bonds. The van der Waals surface area contributed by atoms with E-state index in [1.54, 1.807) is 0 Å². The fraction of sp³-hybridized carbons (Fsp3) is 0.588. The van der Waals surface area contributed by atoms with Crippen LogP contribution in [0, 0.1) is 0 Å². The Morgan fingerprint density at radius 1 is 1.12 bits per heavy atom. The monoisotopic (exact) mass is 383 g/mol. The van der Waals surface area contributed by atoms with Gasteiger partial charge in [0.2, 0.25) is 0 Å². The number of hydrogen-bond acceptors (Lipinski definition) is 6. The molecule has 2 aromatic rings. The SMILES string of the molecule is FC(F)(F)c1cc(N(C2CC2)C2CCN(Cc3cnsc3)CC2)ncn1. The minimum atomic E-state index is -4.44. The van der Waals surface area contributed by atoms with Crippen LogP contribution in [0.2, 0.25) is 0 Å². The van der Waals surface area contributed by atoms with Crippen molar-refractivity contribution in [2.45, 2.75) is 50.5 Å². The van der Waals surface area contributed by atoms with Gasteiger partial charge in [-0.15, -0.1) is 0 Å². The molecule has 5 nitrogen and oxygen atoms in total. The molecule has 2 aromatic heterocycles. The number of likely N-dealkylation sites (tertiary alicyclic amines) is 1. The normalized spacial score (nSPS) is 19.7. The van der Waals surface area contributed by atoms with Gasteiger partial charge in [0.25, 0.3) is 0 Å². The maximum Gasteiger partial charge on any atom is 0.433 e. The average Bonchev–Trinajstić information content (AvgIpc) is 3.32. The van der Waals surface area contributed by atoms with Crippen LogP contribution in [0.25, 0.3) is 0 Å². The third kappa shape index (κ3) is 3.98. The summed E-state index contributed by atoms with van der Waals surface area (Å²) < 4.78 is 43.1. The zero-order valence-electron chi connectivity index (χ0n) is 14.2. The van der Waals surface area contributed by atoms with Gasteiger partial charge >= 0.3 is 6.18 Å². The van der Waals surface area contributed by atoms with Crippen LogP contribution < -0.4 is 4.90 Å². The number of rotatable bonds is 5. The fourth-order valence-corrected chi connectivity index (χ4v) is 4.11. The number of halogens is 3. The zero-order valence-corrected chi connectivity index (χ0v) is 15.0. The van der Waals surface area contributed by atoms with E-state index in [9.17, 15) is 13.2 Å². The van der Waals surface area contributed by atoms with Gasteiger partial charge in [-0.05, 0) is 42.8 Å². The van der Waals surface area contributed by atoms with Gasteiger partial charge in [0.05, 0.1) is 0 Å². The molecule has 2 aliphatic rings. The average molecular weight is 383 g/mol. The van der Waals surface area contributed by atoms with Crippen molar-refractivity contribution in [3.63, 3.8) is 0 Å². The van der Waals surface area contributed by atoms with E-state index in [2.05, 4.69) is 29.5 Å². The summed E-state index contributed by atoms with van der Waals surface area (Å²) in [5.41, 5.74) is 0.355. The lowest BCUT2D eigenvalue weighted by Crippen LogP contribution is -2.46. The van der Waals surface area contributed by atoms with Crippen LogP contribution in [-0.2, 0) is 12.7 Å². The van der Waals surface area contributed by atoms with E-state index < -0.39 is 11.9 Å². The molecule has 140 valence electrons. The molecule has 3 heterocycles. The second-order valence-corrected chi connectivity index (χ2v) is 7.59. The summed E-state index contributed by atoms with van der Waals surface area (Å²) in [6, 6.07) is 1.64. The summed E-state index contributed by atoms with van der Waals surface area (Å²) in [7, 11) is 0. The van der Waals surface area contributed by atoms with Gasteiger partial charge in [-0.25, -0.2) is 14.3 Å². The first kappa shape index (κ1) is 17.7. The highest BCUT2D eigenvalue weighted by Crippen LogP contribution is 2.37. The predicted molar refractivity (Wildman–Crippen MR) is 92.9 cm³/mol. The highest BCUT2D eigenvalue weighted by molar-refractivity contribution is 7.03. The van der Waals surface area contributed by atoms with Crippen molar-refractivity contribution in [3.05, 3.63) is 35.2 Å². The Kier molecular flexibility index (Phi) is 4.83. The molecule has 0 aromatic carbocycles. The van der Waals surface area contributed by atoms with Crippen molar-refractivity contribution in [2.24, 2.45) is 0 Å². The lowest BCUT2D eigenvalue weighted by atomic mass is 10.0. The van der Waals surface area contributed by atoms with Crippen molar-refractivity contribution < 1.29 is 13.2 Å². The van der Waals surface area contributed by atoms with Crippen molar-refractivity contribution in [2.75, 3.05) is 18.0 Å². The van der Waals surface area contributed by atoms with E-state index in [-0.39, 0.29) is 6.04 Å². The smallest absolute Gasteiger partial charge is 0.350 e. The van der Waals surface area contributed by atoms with Crippen LogP contribution in [0.5, 0.6) is 0 Å². The number of piperidine rings is 1. The Morgan fingerprint density at radius 2 is 1.85 bits per heavy atom. The van der Waals surface area contributed by atoms with Gasteiger partial charge in [0.1, 0.15) is 17.8 Å². The molecular formula is C17H20F3N5S. The molecule has 0 N–H and O–H groups in total. The van der Waals surface area contributed by atoms with Gasteiger partial charge in [0.15, 0.2) is 0 Å². The summed E-state index contributed by atoms with van der Waals surface area (Å²) >= 11 is 1.46. The molecular weight excluding hydrogens is 363 g/mol.